The van der Waals surface area contributed by atoms with Crippen LogP contribution in [0.25, 0.3) is 10.8 Å². The van der Waals surface area contributed by atoms with Crippen molar-refractivity contribution in [2.75, 3.05) is 13.2 Å². The number of hydrogen-bond acceptors (Lipinski definition) is 7. The van der Waals surface area contributed by atoms with Crippen LogP contribution >= 0.6 is 22.9 Å². The Morgan fingerprint density at radius 1 is 1.39 bits per heavy atom. The molecule has 0 fully saturated rings. The molecule has 0 aliphatic heterocycles. The van der Waals surface area contributed by atoms with Gasteiger partial charge in [0.15, 0.2) is 6.61 Å². The number of aromatic nitrogens is 2. The summed E-state index contributed by atoms with van der Waals surface area (Å²) in [5, 5.41) is 19.2. The first-order chi connectivity index (χ1) is 13.6. The molecular weight excluding hydrogens is 400 g/mol. The van der Waals surface area contributed by atoms with Crippen LogP contribution in [0.5, 0.6) is 5.75 Å². The molecule has 0 radical (unpaired) electrons. The molecule has 0 N–H and O–H groups in total. The first-order valence-electron chi connectivity index (χ1n) is 8.57. The zero-order valence-electron chi connectivity index (χ0n) is 15.1. The largest absolute Gasteiger partial charge is 0.482 e. The number of carbonyl (C=O) groups excluding carboxylic acids is 1. The zero-order chi connectivity index (χ0) is 19.9. The summed E-state index contributed by atoms with van der Waals surface area (Å²) in [7, 11) is 0. The van der Waals surface area contributed by atoms with Crippen LogP contribution in [0.2, 0.25) is 5.02 Å². The number of halogens is 1. The quantitative estimate of drug-likeness (QED) is 0.548. The fraction of sp³-hybridized carbons (Fsp3) is 0.263. The molecule has 0 unspecified atom stereocenters. The van der Waals surface area contributed by atoms with Gasteiger partial charge in [-0.1, -0.05) is 24.6 Å². The van der Waals surface area contributed by atoms with Gasteiger partial charge in [0, 0.05) is 6.54 Å². The maximum absolute atomic E-state index is 12.6. The predicted octanol–water partition coefficient (Wildman–Crippen LogP) is 4.14. The number of rotatable bonds is 8. The van der Waals surface area contributed by atoms with E-state index in [9.17, 15) is 4.79 Å². The van der Waals surface area contributed by atoms with Gasteiger partial charge in [-0.15, -0.1) is 21.5 Å². The van der Waals surface area contributed by atoms with Crippen molar-refractivity contribution in [3.8, 4) is 22.6 Å². The summed E-state index contributed by atoms with van der Waals surface area (Å²) in [6.07, 6.45) is 0.773. The summed E-state index contributed by atoms with van der Waals surface area (Å²) in [5.74, 6) is 0.928. The van der Waals surface area contributed by atoms with Crippen molar-refractivity contribution in [1.82, 2.24) is 15.1 Å². The van der Waals surface area contributed by atoms with Crippen molar-refractivity contribution in [1.29, 1.82) is 5.26 Å². The third-order valence-electron chi connectivity index (χ3n) is 3.78. The number of nitrogens with zero attached hydrogens (tertiary/aromatic N) is 4. The van der Waals surface area contributed by atoms with Crippen LogP contribution in [0, 0.1) is 11.3 Å². The number of carbonyl (C=O) groups is 1. The van der Waals surface area contributed by atoms with Gasteiger partial charge in [0.2, 0.25) is 5.89 Å². The highest BCUT2D eigenvalue weighted by Crippen LogP contribution is 2.26. The normalized spacial score (nSPS) is 10.5. The van der Waals surface area contributed by atoms with Crippen LogP contribution in [0.15, 0.2) is 40.1 Å². The SMILES string of the molecule is CCCN(Cc1nnc(-c2cccs2)o1)C(=O)COc1ccc(C#N)cc1Cl. The molecule has 3 rings (SSSR count). The lowest BCUT2D eigenvalue weighted by atomic mass is 10.2. The van der Waals surface area contributed by atoms with E-state index in [4.69, 9.17) is 26.0 Å². The summed E-state index contributed by atoms with van der Waals surface area (Å²) in [6, 6.07) is 10.4. The van der Waals surface area contributed by atoms with Gasteiger partial charge in [-0.05, 0) is 36.1 Å². The van der Waals surface area contributed by atoms with Crippen molar-refractivity contribution < 1.29 is 13.9 Å². The van der Waals surface area contributed by atoms with Crippen LogP contribution in [0.3, 0.4) is 0 Å². The van der Waals surface area contributed by atoms with E-state index >= 15 is 0 Å². The van der Waals surface area contributed by atoms with Gasteiger partial charge in [-0.2, -0.15) is 5.26 Å². The van der Waals surface area contributed by atoms with E-state index in [1.165, 1.54) is 17.4 Å². The van der Waals surface area contributed by atoms with Gasteiger partial charge in [0.05, 0.1) is 28.1 Å². The van der Waals surface area contributed by atoms with Gasteiger partial charge in [0.25, 0.3) is 11.8 Å². The molecular formula is C19H17ClN4O3S. The molecule has 28 heavy (non-hydrogen) atoms. The molecule has 0 atom stereocenters. The highest BCUT2D eigenvalue weighted by atomic mass is 35.5. The first kappa shape index (κ1) is 19.9. The van der Waals surface area contributed by atoms with Gasteiger partial charge in [-0.3, -0.25) is 4.79 Å². The first-order valence-corrected chi connectivity index (χ1v) is 9.83. The Kier molecular flexibility index (Phi) is 6.63. The molecule has 0 saturated heterocycles. The Morgan fingerprint density at radius 2 is 2.25 bits per heavy atom. The standard InChI is InChI=1S/C19H17ClN4O3S/c1-2-7-24(11-17-22-23-19(27-17)16-4-3-8-28-16)18(25)12-26-15-6-5-13(10-21)9-14(15)20/h3-6,8-9H,2,7,11-12H2,1H3. The molecule has 1 aromatic carbocycles. The van der Waals surface area contributed by atoms with E-state index in [1.54, 1.807) is 17.0 Å². The molecule has 0 aliphatic rings. The molecule has 2 heterocycles. The molecule has 3 aromatic rings. The summed E-state index contributed by atoms with van der Waals surface area (Å²) < 4.78 is 11.2. The fourth-order valence-corrected chi connectivity index (χ4v) is 3.34. The second kappa shape index (κ2) is 9.35. The third-order valence-corrected chi connectivity index (χ3v) is 4.94. The minimum atomic E-state index is -0.224. The summed E-state index contributed by atoms with van der Waals surface area (Å²) >= 11 is 7.59. The Labute approximate surface area is 171 Å². The van der Waals surface area contributed by atoms with Gasteiger partial charge in [-0.25, -0.2) is 0 Å². The fourth-order valence-electron chi connectivity index (χ4n) is 2.46. The second-order valence-corrected chi connectivity index (χ2v) is 7.19. The lowest BCUT2D eigenvalue weighted by Gasteiger charge is -2.20. The number of hydrogen-bond donors (Lipinski definition) is 0. The third kappa shape index (κ3) is 4.88. The monoisotopic (exact) mass is 416 g/mol. The van der Waals surface area contributed by atoms with Crippen LogP contribution in [-0.4, -0.2) is 34.2 Å². The van der Waals surface area contributed by atoms with Crippen LogP contribution in [-0.2, 0) is 11.3 Å². The molecule has 7 nitrogen and oxygen atoms in total. The molecule has 9 heteroatoms. The smallest absolute Gasteiger partial charge is 0.260 e. The second-order valence-electron chi connectivity index (χ2n) is 5.84. The van der Waals surface area contributed by atoms with Crippen molar-refractivity contribution >= 4 is 28.8 Å². The average Bonchev–Trinajstić information content (AvgIpc) is 3.38. The summed E-state index contributed by atoms with van der Waals surface area (Å²) in [6.45, 7) is 2.52. The van der Waals surface area contributed by atoms with E-state index in [0.29, 0.717) is 29.6 Å². The van der Waals surface area contributed by atoms with Gasteiger partial charge in [0.1, 0.15) is 5.75 Å². The molecule has 1 amide bonds. The Bertz CT molecular complexity index is 981. The molecule has 144 valence electrons. The van der Waals surface area contributed by atoms with E-state index in [0.717, 1.165) is 11.3 Å². The Morgan fingerprint density at radius 3 is 2.93 bits per heavy atom. The van der Waals surface area contributed by atoms with Gasteiger partial charge >= 0.3 is 0 Å². The molecule has 0 aliphatic carbocycles. The minimum absolute atomic E-state index is 0.183. The number of thiophene rings is 1. The zero-order valence-corrected chi connectivity index (χ0v) is 16.7. The molecule has 0 bridgehead atoms. The van der Waals surface area contributed by atoms with E-state index in [2.05, 4.69) is 10.2 Å². The highest BCUT2D eigenvalue weighted by molar-refractivity contribution is 7.13. The van der Waals surface area contributed by atoms with Crippen LogP contribution in [0.4, 0.5) is 0 Å². The van der Waals surface area contributed by atoms with Crippen molar-refractivity contribution in [2.24, 2.45) is 0 Å². The number of ether oxygens (including phenoxy) is 1. The van der Waals surface area contributed by atoms with Crippen molar-refractivity contribution in [3.05, 3.63) is 52.2 Å². The van der Waals surface area contributed by atoms with Crippen LogP contribution < -0.4 is 4.74 Å². The average molecular weight is 417 g/mol. The van der Waals surface area contributed by atoms with E-state index in [-0.39, 0.29) is 24.1 Å². The topological polar surface area (TPSA) is 92.2 Å². The minimum Gasteiger partial charge on any atom is -0.482 e. The van der Waals surface area contributed by atoms with Gasteiger partial charge < -0.3 is 14.1 Å². The maximum atomic E-state index is 12.6. The lowest BCUT2D eigenvalue weighted by molar-refractivity contribution is -0.134. The Balaban J connectivity index is 1.63. The van der Waals surface area contributed by atoms with Crippen LogP contribution in [0.1, 0.15) is 24.8 Å². The maximum Gasteiger partial charge on any atom is 0.260 e. The summed E-state index contributed by atoms with van der Waals surface area (Å²) in [4.78, 5) is 15.1. The van der Waals surface area contributed by atoms with E-state index < -0.39 is 0 Å². The molecule has 2 aromatic heterocycles. The summed E-state index contributed by atoms with van der Waals surface area (Å²) in [5.41, 5.74) is 0.425. The predicted molar refractivity (Wildman–Crippen MR) is 105 cm³/mol. The molecule has 0 spiro atoms. The van der Waals surface area contributed by atoms with E-state index in [1.807, 2.05) is 30.5 Å². The number of nitriles is 1. The number of amides is 1. The van der Waals surface area contributed by atoms with Crippen molar-refractivity contribution in [3.63, 3.8) is 0 Å². The number of benzene rings is 1. The van der Waals surface area contributed by atoms with Crippen molar-refractivity contribution in [2.45, 2.75) is 19.9 Å². The highest BCUT2D eigenvalue weighted by Gasteiger charge is 2.18. The molecule has 0 saturated carbocycles. The Hall–Kier alpha value is -2.89. The lowest BCUT2D eigenvalue weighted by Crippen LogP contribution is -2.35.